The molecule has 2 aromatic carbocycles. The third-order valence-corrected chi connectivity index (χ3v) is 7.24. The summed E-state index contributed by atoms with van der Waals surface area (Å²) < 4.78 is 5.44. The number of nitrogens with zero attached hydrogens (tertiary/aromatic N) is 2. The van der Waals surface area contributed by atoms with Gasteiger partial charge in [0, 0.05) is 0 Å². The second-order valence-electron chi connectivity index (χ2n) is 12.3. The minimum atomic E-state index is -0.565. The standard InChI is InChI=1S/C32H42N6O2/c1-19(2)27(38-30(39)40-31(5,6)7)28-34-17-25(36-28)23-13-9-21(10-14-23)22-11-15-24(16-12-22)26-18-35-29(37-26)32(8,33)20(3)4/h9-20,27H,33H2,1-8H3,(H,34,36)(H,35,37)(H,38,39)/t27-,32+/m0/s1. The highest BCUT2D eigenvalue weighted by atomic mass is 16.6. The SMILES string of the molecule is CC(C)[C@H](NC(=O)OC(C)(C)C)c1ncc(-c2ccc(-c3ccc(-c4cnc([C@](C)(N)C(C)C)[nH]4)cc3)cc2)[nH]1. The number of alkyl carbamates (subject to hydrolysis) is 1. The molecule has 0 spiro atoms. The van der Waals surface area contributed by atoms with Crippen LogP contribution in [0.2, 0.25) is 0 Å². The summed E-state index contributed by atoms with van der Waals surface area (Å²) >= 11 is 0. The Kier molecular flexibility index (Phi) is 8.21. The van der Waals surface area contributed by atoms with E-state index in [9.17, 15) is 4.79 Å². The zero-order valence-corrected chi connectivity index (χ0v) is 24.8. The Bertz CT molecular complexity index is 1420. The lowest BCUT2D eigenvalue weighted by Gasteiger charge is -2.26. The predicted octanol–water partition coefficient (Wildman–Crippen LogP) is 7.19. The third kappa shape index (κ3) is 6.62. The average molecular weight is 543 g/mol. The molecule has 0 saturated carbocycles. The van der Waals surface area contributed by atoms with Gasteiger partial charge in [0.05, 0.1) is 35.4 Å². The fourth-order valence-corrected chi connectivity index (χ4v) is 4.33. The normalized spacial score (nSPS) is 14.3. The van der Waals surface area contributed by atoms with E-state index < -0.39 is 17.2 Å². The van der Waals surface area contributed by atoms with E-state index in [1.807, 2.05) is 47.7 Å². The lowest BCUT2D eigenvalue weighted by atomic mass is 9.89. The predicted molar refractivity (Wildman–Crippen MR) is 160 cm³/mol. The number of amides is 1. The van der Waals surface area contributed by atoms with Crippen molar-refractivity contribution in [3.05, 3.63) is 72.6 Å². The molecule has 8 heteroatoms. The molecule has 0 bridgehead atoms. The molecule has 0 aliphatic carbocycles. The van der Waals surface area contributed by atoms with Crippen molar-refractivity contribution in [2.24, 2.45) is 17.6 Å². The number of imidazole rings is 2. The van der Waals surface area contributed by atoms with Gasteiger partial charge in [-0.15, -0.1) is 0 Å². The molecule has 212 valence electrons. The quantitative estimate of drug-likeness (QED) is 0.188. The zero-order chi connectivity index (χ0) is 29.2. The van der Waals surface area contributed by atoms with Gasteiger partial charge in [-0.2, -0.15) is 0 Å². The summed E-state index contributed by atoms with van der Waals surface area (Å²) in [5, 5.41) is 2.95. The van der Waals surface area contributed by atoms with Gasteiger partial charge in [0.15, 0.2) is 0 Å². The van der Waals surface area contributed by atoms with Gasteiger partial charge in [0.1, 0.15) is 17.2 Å². The fraction of sp³-hybridized carbons (Fsp3) is 0.406. The summed E-state index contributed by atoms with van der Waals surface area (Å²) in [5.74, 6) is 1.87. The highest BCUT2D eigenvalue weighted by molar-refractivity contribution is 5.72. The lowest BCUT2D eigenvalue weighted by Crippen LogP contribution is -2.39. The molecule has 0 radical (unpaired) electrons. The van der Waals surface area contributed by atoms with Crippen LogP contribution in [0.4, 0.5) is 4.79 Å². The molecular weight excluding hydrogens is 500 g/mol. The molecule has 0 fully saturated rings. The highest BCUT2D eigenvalue weighted by Crippen LogP contribution is 2.30. The molecule has 2 aromatic heterocycles. The van der Waals surface area contributed by atoms with Gasteiger partial charge in [0.25, 0.3) is 0 Å². The number of nitrogens with one attached hydrogen (secondary N) is 3. The third-order valence-electron chi connectivity index (χ3n) is 7.24. The second-order valence-corrected chi connectivity index (χ2v) is 12.3. The number of aromatic nitrogens is 4. The van der Waals surface area contributed by atoms with Gasteiger partial charge in [-0.25, -0.2) is 14.8 Å². The number of hydrogen-bond donors (Lipinski definition) is 4. The van der Waals surface area contributed by atoms with Gasteiger partial charge in [-0.1, -0.05) is 76.2 Å². The van der Waals surface area contributed by atoms with Crippen molar-refractivity contribution >= 4 is 6.09 Å². The van der Waals surface area contributed by atoms with Gasteiger partial charge < -0.3 is 25.8 Å². The molecular formula is C32H42N6O2. The van der Waals surface area contributed by atoms with Crippen LogP contribution in [0, 0.1) is 11.8 Å². The van der Waals surface area contributed by atoms with E-state index in [-0.39, 0.29) is 17.9 Å². The van der Waals surface area contributed by atoms with Crippen molar-refractivity contribution in [3.63, 3.8) is 0 Å². The van der Waals surface area contributed by atoms with Gasteiger partial charge in [-0.3, -0.25) is 0 Å². The maximum atomic E-state index is 12.4. The summed E-state index contributed by atoms with van der Waals surface area (Å²) in [7, 11) is 0. The summed E-state index contributed by atoms with van der Waals surface area (Å²) in [6.45, 7) is 15.8. The van der Waals surface area contributed by atoms with Crippen LogP contribution in [-0.2, 0) is 10.3 Å². The number of hydrogen-bond acceptors (Lipinski definition) is 5. The molecule has 0 unspecified atom stereocenters. The minimum Gasteiger partial charge on any atom is -0.444 e. The van der Waals surface area contributed by atoms with Crippen LogP contribution >= 0.6 is 0 Å². The Labute approximate surface area is 237 Å². The Balaban J connectivity index is 1.47. The van der Waals surface area contributed by atoms with Crippen molar-refractivity contribution < 1.29 is 9.53 Å². The number of aromatic amines is 2. The van der Waals surface area contributed by atoms with E-state index in [1.165, 1.54) is 0 Å². The van der Waals surface area contributed by atoms with E-state index >= 15 is 0 Å². The number of rotatable bonds is 8. The van der Waals surface area contributed by atoms with Crippen molar-refractivity contribution in [2.45, 2.75) is 72.6 Å². The maximum absolute atomic E-state index is 12.4. The van der Waals surface area contributed by atoms with Gasteiger partial charge in [-0.05, 0) is 61.8 Å². The molecule has 1 amide bonds. The molecule has 2 atom stereocenters. The first-order valence-corrected chi connectivity index (χ1v) is 13.8. The Hall–Kier alpha value is -3.91. The second kappa shape index (κ2) is 11.3. The Morgan fingerprint density at radius 3 is 1.75 bits per heavy atom. The highest BCUT2D eigenvalue weighted by Gasteiger charge is 2.29. The fourth-order valence-electron chi connectivity index (χ4n) is 4.33. The molecule has 4 rings (SSSR count). The first-order chi connectivity index (χ1) is 18.7. The minimum absolute atomic E-state index is 0.125. The summed E-state index contributed by atoms with van der Waals surface area (Å²) in [4.78, 5) is 28.3. The monoisotopic (exact) mass is 542 g/mol. The van der Waals surface area contributed by atoms with Crippen LogP contribution in [0.1, 0.15) is 73.1 Å². The van der Waals surface area contributed by atoms with Crippen LogP contribution in [0.15, 0.2) is 60.9 Å². The molecule has 0 aliphatic rings. The van der Waals surface area contributed by atoms with E-state index in [0.717, 1.165) is 39.5 Å². The van der Waals surface area contributed by atoms with Crippen molar-refractivity contribution in [1.29, 1.82) is 0 Å². The summed E-state index contributed by atoms with van der Waals surface area (Å²) in [6, 6.07) is 16.4. The lowest BCUT2D eigenvalue weighted by molar-refractivity contribution is 0.0486. The molecule has 0 saturated heterocycles. The molecule has 0 aliphatic heterocycles. The number of H-pyrrole nitrogens is 2. The van der Waals surface area contributed by atoms with Crippen LogP contribution < -0.4 is 11.1 Å². The number of carbonyl (C=O) groups is 1. The van der Waals surface area contributed by atoms with Crippen LogP contribution in [-0.4, -0.2) is 31.6 Å². The molecule has 4 aromatic rings. The smallest absolute Gasteiger partial charge is 0.408 e. The van der Waals surface area contributed by atoms with E-state index in [0.29, 0.717) is 5.82 Å². The number of ether oxygens (including phenoxy) is 1. The van der Waals surface area contributed by atoms with Crippen LogP contribution in [0.5, 0.6) is 0 Å². The maximum Gasteiger partial charge on any atom is 0.408 e. The Morgan fingerprint density at radius 2 is 1.27 bits per heavy atom. The van der Waals surface area contributed by atoms with Gasteiger partial charge >= 0.3 is 6.09 Å². The summed E-state index contributed by atoms with van der Waals surface area (Å²) in [6.07, 6.45) is 3.19. The van der Waals surface area contributed by atoms with Gasteiger partial charge in [0.2, 0.25) is 0 Å². The summed E-state index contributed by atoms with van der Waals surface area (Å²) in [5.41, 5.74) is 11.5. The molecule has 40 heavy (non-hydrogen) atoms. The van der Waals surface area contributed by atoms with E-state index in [2.05, 4.69) is 87.6 Å². The average Bonchev–Trinajstić information content (AvgIpc) is 3.57. The molecule has 2 heterocycles. The van der Waals surface area contributed by atoms with E-state index in [1.54, 1.807) is 6.20 Å². The Morgan fingerprint density at radius 1 is 0.800 bits per heavy atom. The van der Waals surface area contributed by atoms with Crippen molar-refractivity contribution in [1.82, 2.24) is 25.3 Å². The number of nitrogens with two attached hydrogens (primary N) is 1. The first-order valence-electron chi connectivity index (χ1n) is 13.8. The number of benzene rings is 2. The van der Waals surface area contributed by atoms with Crippen LogP contribution in [0.25, 0.3) is 33.6 Å². The molecule has 5 N–H and O–H groups in total. The first kappa shape index (κ1) is 29.1. The molecule has 8 nitrogen and oxygen atoms in total. The number of carbonyl (C=O) groups excluding carboxylic acids is 1. The van der Waals surface area contributed by atoms with E-state index in [4.69, 9.17) is 10.5 Å². The van der Waals surface area contributed by atoms with Crippen molar-refractivity contribution in [2.75, 3.05) is 0 Å². The zero-order valence-electron chi connectivity index (χ0n) is 24.8. The largest absolute Gasteiger partial charge is 0.444 e. The van der Waals surface area contributed by atoms with Crippen LogP contribution in [0.3, 0.4) is 0 Å². The topological polar surface area (TPSA) is 122 Å². The van der Waals surface area contributed by atoms with Crippen molar-refractivity contribution in [3.8, 4) is 33.6 Å².